The van der Waals surface area contributed by atoms with Crippen molar-refractivity contribution in [3.8, 4) is 0 Å². The van der Waals surface area contributed by atoms with Gasteiger partial charge in [0.2, 0.25) is 0 Å². The van der Waals surface area contributed by atoms with Gasteiger partial charge in [0.15, 0.2) is 9.84 Å². The lowest BCUT2D eigenvalue weighted by molar-refractivity contribution is 0.556. The van der Waals surface area contributed by atoms with Crippen molar-refractivity contribution in [2.75, 3.05) is 0 Å². The normalized spacial score (nSPS) is 16.9. The molecular formula is C10H22O2S. The summed E-state index contributed by atoms with van der Waals surface area (Å²) in [7, 11) is -2.86. The Labute approximate surface area is 82.6 Å². The first-order valence-corrected chi connectivity index (χ1v) is 6.80. The third kappa shape index (κ3) is 3.67. The summed E-state index contributed by atoms with van der Waals surface area (Å²) in [6.45, 7) is 7.70. The zero-order valence-corrected chi connectivity index (χ0v) is 10.0. The maximum absolute atomic E-state index is 11.8. The minimum absolute atomic E-state index is 0.168. The largest absolute Gasteiger partial charge is 0.228 e. The van der Waals surface area contributed by atoms with E-state index in [9.17, 15) is 8.42 Å². The van der Waals surface area contributed by atoms with Crippen molar-refractivity contribution in [3.05, 3.63) is 0 Å². The van der Waals surface area contributed by atoms with Crippen LogP contribution >= 0.6 is 0 Å². The number of sulfone groups is 1. The number of rotatable bonds is 6. The van der Waals surface area contributed by atoms with Gasteiger partial charge in [-0.25, -0.2) is 8.42 Å². The Bertz CT molecular complexity index is 201. The molecule has 0 aromatic heterocycles. The Balaban J connectivity index is 4.37. The van der Waals surface area contributed by atoms with Gasteiger partial charge in [0, 0.05) is 0 Å². The van der Waals surface area contributed by atoms with Crippen molar-refractivity contribution < 1.29 is 8.42 Å². The van der Waals surface area contributed by atoms with Crippen LogP contribution in [0.4, 0.5) is 0 Å². The molecule has 2 nitrogen and oxygen atoms in total. The van der Waals surface area contributed by atoms with Gasteiger partial charge in [-0.05, 0) is 26.7 Å². The van der Waals surface area contributed by atoms with E-state index < -0.39 is 9.84 Å². The summed E-state index contributed by atoms with van der Waals surface area (Å²) in [5.41, 5.74) is 0. The third-order valence-corrected chi connectivity index (χ3v) is 5.23. The second-order valence-corrected chi connectivity index (χ2v) is 6.58. The molecular weight excluding hydrogens is 184 g/mol. The molecule has 80 valence electrons. The predicted octanol–water partition coefficient (Wildman–Crippen LogP) is 2.78. The molecule has 0 aliphatic carbocycles. The lowest BCUT2D eigenvalue weighted by Gasteiger charge is -2.17. The van der Waals surface area contributed by atoms with Crippen molar-refractivity contribution in [2.24, 2.45) is 0 Å². The van der Waals surface area contributed by atoms with Crippen LogP contribution in [-0.2, 0) is 9.84 Å². The van der Waals surface area contributed by atoms with Gasteiger partial charge in [-0.2, -0.15) is 0 Å². The van der Waals surface area contributed by atoms with Gasteiger partial charge in [0.1, 0.15) is 0 Å². The third-order valence-electron chi connectivity index (χ3n) is 2.51. The second kappa shape index (κ2) is 5.63. The molecule has 0 spiro atoms. The lowest BCUT2D eigenvalue weighted by Crippen LogP contribution is -2.27. The average Bonchev–Trinajstić information content (AvgIpc) is 2.05. The molecule has 0 aliphatic heterocycles. The summed E-state index contributed by atoms with van der Waals surface area (Å²) in [5.74, 6) is 0. The number of hydrogen-bond donors (Lipinski definition) is 0. The van der Waals surface area contributed by atoms with E-state index in [0.717, 1.165) is 25.7 Å². The Morgan fingerprint density at radius 1 is 0.923 bits per heavy atom. The van der Waals surface area contributed by atoms with Crippen LogP contribution in [0.2, 0.25) is 0 Å². The Kier molecular flexibility index (Phi) is 5.61. The monoisotopic (exact) mass is 206 g/mol. The van der Waals surface area contributed by atoms with E-state index in [0.29, 0.717) is 0 Å². The molecule has 0 fully saturated rings. The van der Waals surface area contributed by atoms with Crippen molar-refractivity contribution in [3.63, 3.8) is 0 Å². The molecule has 0 aliphatic rings. The standard InChI is InChI=1S/C10H22O2S/c1-5-7-9(3)13(11,12)10(4)8-6-2/h9-10H,5-8H2,1-4H3. The summed E-state index contributed by atoms with van der Waals surface area (Å²) in [5, 5.41) is -0.335. The highest BCUT2D eigenvalue weighted by atomic mass is 32.2. The van der Waals surface area contributed by atoms with Gasteiger partial charge in [0.05, 0.1) is 10.5 Å². The van der Waals surface area contributed by atoms with E-state index in [1.165, 1.54) is 0 Å². The van der Waals surface area contributed by atoms with Crippen molar-refractivity contribution in [1.82, 2.24) is 0 Å². The SMILES string of the molecule is CCCC(C)S(=O)(=O)C(C)CCC. The number of hydrogen-bond acceptors (Lipinski definition) is 2. The smallest absolute Gasteiger partial charge is 0.155 e. The van der Waals surface area contributed by atoms with E-state index in [4.69, 9.17) is 0 Å². The highest BCUT2D eigenvalue weighted by Crippen LogP contribution is 2.17. The molecule has 0 aromatic carbocycles. The van der Waals surface area contributed by atoms with E-state index in [1.54, 1.807) is 0 Å². The second-order valence-electron chi connectivity index (χ2n) is 3.79. The molecule has 0 radical (unpaired) electrons. The molecule has 0 amide bonds. The maximum atomic E-state index is 11.8. The summed E-state index contributed by atoms with van der Waals surface area (Å²) >= 11 is 0. The fourth-order valence-electron chi connectivity index (χ4n) is 1.54. The van der Waals surface area contributed by atoms with Crippen molar-refractivity contribution >= 4 is 9.84 Å². The fraction of sp³-hybridized carbons (Fsp3) is 1.00. The summed E-state index contributed by atoms with van der Waals surface area (Å²) in [6, 6.07) is 0. The molecule has 13 heavy (non-hydrogen) atoms. The van der Waals surface area contributed by atoms with E-state index in [2.05, 4.69) is 0 Å². The molecule has 0 heterocycles. The van der Waals surface area contributed by atoms with Crippen LogP contribution in [0.3, 0.4) is 0 Å². The van der Waals surface area contributed by atoms with Crippen LogP contribution < -0.4 is 0 Å². The van der Waals surface area contributed by atoms with Gasteiger partial charge in [-0.3, -0.25) is 0 Å². The highest BCUT2D eigenvalue weighted by Gasteiger charge is 2.25. The lowest BCUT2D eigenvalue weighted by atomic mass is 10.3. The summed E-state index contributed by atoms with van der Waals surface area (Å²) in [6.07, 6.45) is 3.46. The first kappa shape index (κ1) is 12.9. The van der Waals surface area contributed by atoms with Crippen molar-refractivity contribution in [2.45, 2.75) is 63.9 Å². The predicted molar refractivity (Wildman–Crippen MR) is 57.7 cm³/mol. The molecule has 0 rings (SSSR count). The van der Waals surface area contributed by atoms with Gasteiger partial charge in [-0.15, -0.1) is 0 Å². The van der Waals surface area contributed by atoms with Crippen LogP contribution in [0.25, 0.3) is 0 Å². The first-order chi connectivity index (χ1) is 5.96. The first-order valence-electron chi connectivity index (χ1n) is 5.19. The zero-order chi connectivity index (χ0) is 10.5. The van der Waals surface area contributed by atoms with Gasteiger partial charge in [-0.1, -0.05) is 26.7 Å². The van der Waals surface area contributed by atoms with E-state index in [-0.39, 0.29) is 10.5 Å². The van der Waals surface area contributed by atoms with Gasteiger partial charge < -0.3 is 0 Å². The molecule has 0 N–H and O–H groups in total. The molecule has 0 saturated heterocycles. The maximum Gasteiger partial charge on any atom is 0.155 e. The van der Waals surface area contributed by atoms with Gasteiger partial charge >= 0.3 is 0 Å². The Morgan fingerprint density at radius 3 is 1.46 bits per heavy atom. The summed E-state index contributed by atoms with van der Waals surface area (Å²) < 4.78 is 23.6. The van der Waals surface area contributed by atoms with E-state index in [1.807, 2.05) is 27.7 Å². The van der Waals surface area contributed by atoms with Gasteiger partial charge in [0.25, 0.3) is 0 Å². The average molecular weight is 206 g/mol. The Hall–Kier alpha value is -0.0500. The summed E-state index contributed by atoms with van der Waals surface area (Å²) in [4.78, 5) is 0. The molecule has 2 unspecified atom stereocenters. The molecule has 3 heteroatoms. The van der Waals surface area contributed by atoms with Crippen LogP contribution in [0.15, 0.2) is 0 Å². The van der Waals surface area contributed by atoms with Crippen molar-refractivity contribution in [1.29, 1.82) is 0 Å². The van der Waals surface area contributed by atoms with E-state index >= 15 is 0 Å². The molecule has 0 aromatic rings. The van der Waals surface area contributed by atoms with Crippen LogP contribution in [0, 0.1) is 0 Å². The quantitative estimate of drug-likeness (QED) is 0.669. The molecule has 2 atom stereocenters. The molecule has 0 saturated carbocycles. The Morgan fingerprint density at radius 2 is 1.23 bits per heavy atom. The molecule has 0 bridgehead atoms. The van der Waals surface area contributed by atoms with Crippen LogP contribution in [0.1, 0.15) is 53.4 Å². The zero-order valence-electron chi connectivity index (χ0n) is 9.21. The topological polar surface area (TPSA) is 34.1 Å². The minimum Gasteiger partial charge on any atom is -0.228 e. The highest BCUT2D eigenvalue weighted by molar-refractivity contribution is 7.92. The van der Waals surface area contributed by atoms with Crippen LogP contribution in [-0.4, -0.2) is 18.9 Å². The fourth-order valence-corrected chi connectivity index (χ4v) is 3.46. The van der Waals surface area contributed by atoms with Crippen LogP contribution in [0.5, 0.6) is 0 Å². The minimum atomic E-state index is -2.86.